The molecule has 0 radical (unpaired) electrons. The van der Waals surface area contributed by atoms with Gasteiger partial charge >= 0.3 is 5.97 Å². The number of carbonyl (C=O) groups is 2. The highest BCUT2D eigenvalue weighted by molar-refractivity contribution is 6.01. The number of carbonyl (C=O) groups excluding carboxylic acids is 1. The molecular weight excluding hydrogens is 272 g/mol. The van der Waals surface area contributed by atoms with E-state index < -0.39 is 11.9 Å². The summed E-state index contributed by atoms with van der Waals surface area (Å²) in [7, 11) is 1.52. The monoisotopic (exact) mass is 288 g/mol. The predicted octanol–water partition coefficient (Wildman–Crippen LogP) is 1.44. The van der Waals surface area contributed by atoms with Crippen molar-refractivity contribution in [2.24, 2.45) is 0 Å². The molecule has 1 amide bonds. The fourth-order valence-electron chi connectivity index (χ4n) is 1.63. The molecule has 0 fully saturated rings. The molecule has 0 aliphatic carbocycles. The van der Waals surface area contributed by atoms with E-state index >= 15 is 0 Å². The lowest BCUT2D eigenvalue weighted by molar-refractivity contribution is -0.117. The van der Waals surface area contributed by atoms with E-state index in [1.54, 1.807) is 6.92 Å². The van der Waals surface area contributed by atoms with Crippen LogP contribution in [-0.4, -0.2) is 36.7 Å². The Hall–Kier alpha value is -2.65. The summed E-state index contributed by atoms with van der Waals surface area (Å²) in [5.41, 5.74) is 0.663. The van der Waals surface area contributed by atoms with Gasteiger partial charge in [-0.15, -0.1) is 0 Å². The maximum Gasteiger partial charge on any atom is 0.335 e. The summed E-state index contributed by atoms with van der Waals surface area (Å²) in [6.07, 6.45) is 1.40. The standard InChI is InChI=1S/C15H16N2O4/c1-10(9-21-2)17-14(18)13(8-16)7-11-3-5-12(6-4-11)15(19)20/h3-7,10H,9H2,1-2H3,(H,17,18)(H,19,20). The largest absolute Gasteiger partial charge is 0.478 e. The van der Waals surface area contributed by atoms with E-state index in [-0.39, 0.29) is 17.2 Å². The number of hydrogen-bond donors (Lipinski definition) is 2. The Labute approximate surface area is 122 Å². The highest BCUT2D eigenvalue weighted by Gasteiger charge is 2.12. The summed E-state index contributed by atoms with van der Waals surface area (Å²) in [6, 6.07) is 7.50. The Balaban J connectivity index is 2.86. The minimum atomic E-state index is -1.03. The first-order chi connectivity index (χ1) is 9.97. The van der Waals surface area contributed by atoms with E-state index in [2.05, 4.69) is 5.32 Å². The van der Waals surface area contributed by atoms with Gasteiger partial charge in [-0.05, 0) is 30.7 Å². The lowest BCUT2D eigenvalue weighted by Crippen LogP contribution is -2.36. The summed E-state index contributed by atoms with van der Waals surface area (Å²) in [6.45, 7) is 2.11. The van der Waals surface area contributed by atoms with Gasteiger partial charge in [0.25, 0.3) is 5.91 Å². The molecule has 2 N–H and O–H groups in total. The Bertz CT molecular complexity index is 585. The van der Waals surface area contributed by atoms with E-state index in [0.29, 0.717) is 12.2 Å². The van der Waals surface area contributed by atoms with Gasteiger partial charge in [-0.25, -0.2) is 4.79 Å². The van der Waals surface area contributed by atoms with Gasteiger partial charge in [-0.1, -0.05) is 12.1 Å². The number of rotatable bonds is 6. The SMILES string of the molecule is COCC(C)NC(=O)C(C#N)=Cc1ccc(C(=O)O)cc1. The molecule has 0 heterocycles. The lowest BCUT2D eigenvalue weighted by atomic mass is 10.1. The van der Waals surface area contributed by atoms with Crippen LogP contribution in [0.5, 0.6) is 0 Å². The smallest absolute Gasteiger partial charge is 0.335 e. The number of methoxy groups -OCH3 is 1. The van der Waals surface area contributed by atoms with Gasteiger partial charge < -0.3 is 15.2 Å². The van der Waals surface area contributed by atoms with Crippen LogP contribution >= 0.6 is 0 Å². The van der Waals surface area contributed by atoms with Crippen LogP contribution in [-0.2, 0) is 9.53 Å². The van der Waals surface area contributed by atoms with Gasteiger partial charge in [-0.3, -0.25) is 4.79 Å². The van der Waals surface area contributed by atoms with Gasteiger partial charge in [0.1, 0.15) is 11.6 Å². The molecule has 0 saturated heterocycles. The van der Waals surface area contributed by atoms with Crippen LogP contribution in [0.25, 0.3) is 6.08 Å². The van der Waals surface area contributed by atoms with E-state index in [9.17, 15) is 9.59 Å². The molecule has 1 atom stereocenters. The van der Waals surface area contributed by atoms with Crippen molar-refractivity contribution in [2.45, 2.75) is 13.0 Å². The molecule has 1 aromatic rings. The molecule has 0 aliphatic heterocycles. The third kappa shape index (κ3) is 5.09. The predicted molar refractivity (Wildman–Crippen MR) is 76.5 cm³/mol. The third-order valence-corrected chi connectivity index (χ3v) is 2.63. The Morgan fingerprint density at radius 2 is 2.05 bits per heavy atom. The first-order valence-corrected chi connectivity index (χ1v) is 6.23. The second-order valence-corrected chi connectivity index (χ2v) is 4.43. The Morgan fingerprint density at radius 1 is 1.43 bits per heavy atom. The highest BCUT2D eigenvalue weighted by Crippen LogP contribution is 2.09. The average molecular weight is 288 g/mol. The average Bonchev–Trinajstić information content (AvgIpc) is 2.45. The number of ether oxygens (including phenoxy) is 1. The van der Waals surface area contributed by atoms with E-state index in [0.717, 1.165) is 0 Å². The molecule has 0 aliphatic rings. The number of hydrogen-bond acceptors (Lipinski definition) is 4. The number of benzene rings is 1. The van der Waals surface area contributed by atoms with Crippen LogP contribution in [0, 0.1) is 11.3 Å². The summed E-state index contributed by atoms with van der Waals surface area (Å²) in [4.78, 5) is 22.6. The maximum absolute atomic E-state index is 11.9. The summed E-state index contributed by atoms with van der Waals surface area (Å²) < 4.78 is 4.90. The van der Waals surface area contributed by atoms with Crippen LogP contribution in [0.3, 0.4) is 0 Å². The van der Waals surface area contributed by atoms with Crippen LogP contribution < -0.4 is 5.32 Å². The van der Waals surface area contributed by atoms with Gasteiger partial charge in [0, 0.05) is 13.2 Å². The summed E-state index contributed by atoms with van der Waals surface area (Å²) in [5, 5.41) is 20.5. The second kappa shape index (κ2) is 7.82. The van der Waals surface area contributed by atoms with Crippen molar-refractivity contribution in [3.63, 3.8) is 0 Å². The topological polar surface area (TPSA) is 99.4 Å². The van der Waals surface area contributed by atoms with Crippen molar-refractivity contribution in [2.75, 3.05) is 13.7 Å². The van der Waals surface area contributed by atoms with Gasteiger partial charge in [0.2, 0.25) is 0 Å². The zero-order chi connectivity index (χ0) is 15.8. The van der Waals surface area contributed by atoms with Crippen LogP contribution in [0.1, 0.15) is 22.8 Å². The molecule has 1 rings (SSSR count). The Kier molecular flexibility index (Phi) is 6.11. The van der Waals surface area contributed by atoms with Crippen LogP contribution in [0.4, 0.5) is 0 Å². The normalized spacial score (nSPS) is 12.3. The lowest BCUT2D eigenvalue weighted by Gasteiger charge is -2.11. The van der Waals surface area contributed by atoms with Crippen molar-refractivity contribution in [1.82, 2.24) is 5.32 Å². The fourth-order valence-corrected chi connectivity index (χ4v) is 1.63. The van der Waals surface area contributed by atoms with E-state index in [1.807, 2.05) is 6.07 Å². The second-order valence-electron chi connectivity index (χ2n) is 4.43. The van der Waals surface area contributed by atoms with Crippen molar-refractivity contribution in [1.29, 1.82) is 5.26 Å². The number of carboxylic acid groups (broad SMARTS) is 1. The third-order valence-electron chi connectivity index (χ3n) is 2.63. The van der Waals surface area contributed by atoms with Crippen LogP contribution in [0.2, 0.25) is 0 Å². The molecule has 0 bridgehead atoms. The van der Waals surface area contributed by atoms with Crippen molar-refractivity contribution < 1.29 is 19.4 Å². The van der Waals surface area contributed by atoms with Crippen molar-refractivity contribution in [3.05, 3.63) is 41.0 Å². The van der Waals surface area contributed by atoms with Crippen LogP contribution in [0.15, 0.2) is 29.8 Å². The number of nitrogens with one attached hydrogen (secondary N) is 1. The molecule has 0 aromatic heterocycles. The Morgan fingerprint density at radius 3 is 2.52 bits per heavy atom. The van der Waals surface area contributed by atoms with Gasteiger partial charge in [-0.2, -0.15) is 5.26 Å². The number of nitriles is 1. The van der Waals surface area contributed by atoms with Gasteiger partial charge in [0.05, 0.1) is 12.2 Å². The molecule has 0 spiro atoms. The first kappa shape index (κ1) is 16.4. The molecule has 0 saturated carbocycles. The maximum atomic E-state index is 11.9. The molecular formula is C15H16N2O4. The van der Waals surface area contributed by atoms with Crippen molar-refractivity contribution in [3.8, 4) is 6.07 Å². The number of carboxylic acids is 1. The zero-order valence-corrected chi connectivity index (χ0v) is 11.8. The summed E-state index contributed by atoms with van der Waals surface area (Å²) >= 11 is 0. The fraction of sp³-hybridized carbons (Fsp3) is 0.267. The minimum Gasteiger partial charge on any atom is -0.478 e. The zero-order valence-electron chi connectivity index (χ0n) is 11.8. The first-order valence-electron chi connectivity index (χ1n) is 6.23. The molecule has 1 unspecified atom stereocenters. The number of amides is 1. The minimum absolute atomic E-state index is 0.0546. The quantitative estimate of drug-likeness (QED) is 0.609. The summed E-state index contributed by atoms with van der Waals surface area (Å²) in [5.74, 6) is -1.53. The highest BCUT2D eigenvalue weighted by atomic mass is 16.5. The van der Waals surface area contributed by atoms with Crippen molar-refractivity contribution >= 4 is 18.0 Å². The molecule has 21 heavy (non-hydrogen) atoms. The number of nitrogens with zero attached hydrogens (tertiary/aromatic N) is 1. The van der Waals surface area contributed by atoms with E-state index in [4.69, 9.17) is 15.1 Å². The molecule has 6 nitrogen and oxygen atoms in total. The van der Waals surface area contributed by atoms with E-state index in [1.165, 1.54) is 37.5 Å². The molecule has 6 heteroatoms. The van der Waals surface area contributed by atoms with Gasteiger partial charge in [0.15, 0.2) is 0 Å². The number of aromatic carboxylic acids is 1. The molecule has 1 aromatic carbocycles. The molecule has 110 valence electrons.